The lowest BCUT2D eigenvalue weighted by Gasteiger charge is -2.17. The monoisotopic (exact) mass is 303 g/mol. The van der Waals surface area contributed by atoms with Crippen molar-refractivity contribution in [2.24, 2.45) is 5.73 Å². The number of benzene rings is 1. The van der Waals surface area contributed by atoms with Gasteiger partial charge in [0.05, 0.1) is 18.5 Å². The Morgan fingerprint density at radius 1 is 1.23 bits per heavy atom. The first kappa shape index (κ1) is 16.4. The summed E-state index contributed by atoms with van der Waals surface area (Å²) in [5, 5.41) is 14.2. The minimum atomic E-state index is -0.0839. The van der Waals surface area contributed by atoms with Crippen LogP contribution in [0.3, 0.4) is 0 Å². The Morgan fingerprint density at radius 2 is 1.86 bits per heavy atom. The molecule has 0 saturated heterocycles. The smallest absolute Gasteiger partial charge is 0.219 e. The van der Waals surface area contributed by atoms with Crippen LogP contribution >= 0.6 is 0 Å². The Balaban J connectivity index is 2.59. The molecule has 0 atom stereocenters. The Bertz CT molecular complexity index is 625. The molecule has 0 aliphatic carbocycles. The van der Waals surface area contributed by atoms with Crippen molar-refractivity contribution >= 4 is 0 Å². The molecule has 22 heavy (non-hydrogen) atoms. The van der Waals surface area contributed by atoms with Crippen molar-refractivity contribution < 1.29 is 9.84 Å². The van der Waals surface area contributed by atoms with Crippen molar-refractivity contribution in [3.8, 4) is 17.3 Å². The SMILES string of the molecule is COc1c(CCCN)c(C(C)(C)C)nn1-c1ccc(O)cc1. The molecule has 0 saturated carbocycles. The zero-order valence-electron chi connectivity index (χ0n) is 13.8. The number of aromatic hydroxyl groups is 1. The van der Waals surface area contributed by atoms with Crippen molar-refractivity contribution in [2.75, 3.05) is 13.7 Å². The zero-order valence-corrected chi connectivity index (χ0v) is 13.8. The predicted octanol–water partition coefficient (Wildman–Crippen LogP) is 2.78. The van der Waals surface area contributed by atoms with Gasteiger partial charge < -0.3 is 15.6 Å². The highest BCUT2D eigenvalue weighted by Crippen LogP contribution is 2.34. The summed E-state index contributed by atoms with van der Waals surface area (Å²) in [6, 6.07) is 6.94. The molecule has 1 heterocycles. The summed E-state index contributed by atoms with van der Waals surface area (Å²) in [5.41, 5.74) is 8.57. The number of rotatable bonds is 5. The fourth-order valence-corrected chi connectivity index (χ4v) is 2.52. The van der Waals surface area contributed by atoms with Gasteiger partial charge in [-0.2, -0.15) is 5.10 Å². The second-order valence-corrected chi connectivity index (χ2v) is 6.41. The first-order chi connectivity index (χ1) is 10.4. The zero-order chi connectivity index (χ0) is 16.3. The molecule has 5 heteroatoms. The molecule has 0 aliphatic rings. The van der Waals surface area contributed by atoms with Crippen LogP contribution in [0.4, 0.5) is 0 Å². The summed E-state index contributed by atoms with van der Waals surface area (Å²) in [7, 11) is 1.66. The van der Waals surface area contributed by atoms with E-state index in [4.69, 9.17) is 15.6 Å². The van der Waals surface area contributed by atoms with Gasteiger partial charge in [0.1, 0.15) is 5.75 Å². The number of hydrogen-bond acceptors (Lipinski definition) is 4. The molecule has 5 nitrogen and oxygen atoms in total. The van der Waals surface area contributed by atoms with Crippen LogP contribution in [0.2, 0.25) is 0 Å². The van der Waals surface area contributed by atoms with E-state index in [1.807, 2.05) is 12.1 Å². The number of phenols is 1. The lowest BCUT2D eigenvalue weighted by molar-refractivity contribution is 0.379. The largest absolute Gasteiger partial charge is 0.508 e. The summed E-state index contributed by atoms with van der Waals surface area (Å²) in [5.74, 6) is 0.971. The van der Waals surface area contributed by atoms with E-state index in [1.165, 1.54) is 0 Å². The molecule has 0 radical (unpaired) electrons. The van der Waals surface area contributed by atoms with E-state index >= 15 is 0 Å². The van der Waals surface area contributed by atoms with Crippen molar-refractivity contribution in [3.63, 3.8) is 0 Å². The molecule has 2 aromatic rings. The number of aromatic nitrogens is 2. The van der Waals surface area contributed by atoms with Gasteiger partial charge in [-0.25, -0.2) is 4.68 Å². The minimum Gasteiger partial charge on any atom is -0.508 e. The third kappa shape index (κ3) is 3.25. The van der Waals surface area contributed by atoms with E-state index in [0.717, 1.165) is 35.7 Å². The highest BCUT2D eigenvalue weighted by atomic mass is 16.5. The van der Waals surface area contributed by atoms with Crippen LogP contribution in [0.1, 0.15) is 38.4 Å². The first-order valence-electron chi connectivity index (χ1n) is 7.54. The van der Waals surface area contributed by atoms with E-state index in [9.17, 15) is 5.11 Å². The Kier molecular flexibility index (Phi) is 4.76. The quantitative estimate of drug-likeness (QED) is 0.891. The summed E-state index contributed by atoms with van der Waals surface area (Å²) >= 11 is 0. The highest BCUT2D eigenvalue weighted by Gasteiger charge is 2.27. The number of ether oxygens (including phenoxy) is 1. The molecular weight excluding hydrogens is 278 g/mol. The molecule has 0 fully saturated rings. The summed E-state index contributed by atoms with van der Waals surface area (Å²) < 4.78 is 7.43. The number of nitrogens with zero attached hydrogens (tertiary/aromatic N) is 2. The van der Waals surface area contributed by atoms with Crippen LogP contribution in [0.25, 0.3) is 5.69 Å². The third-order valence-corrected chi connectivity index (χ3v) is 3.57. The number of phenolic OH excluding ortho intramolecular Hbond substituents is 1. The summed E-state index contributed by atoms with van der Waals surface area (Å²) in [4.78, 5) is 0. The van der Waals surface area contributed by atoms with Gasteiger partial charge in [-0.15, -0.1) is 0 Å². The Hall–Kier alpha value is -2.01. The average molecular weight is 303 g/mol. The lowest BCUT2D eigenvalue weighted by atomic mass is 9.88. The van der Waals surface area contributed by atoms with Gasteiger partial charge in [-0.1, -0.05) is 20.8 Å². The second kappa shape index (κ2) is 6.40. The van der Waals surface area contributed by atoms with Crippen molar-refractivity contribution in [3.05, 3.63) is 35.5 Å². The predicted molar refractivity (Wildman–Crippen MR) is 87.9 cm³/mol. The molecular formula is C17H25N3O2. The highest BCUT2D eigenvalue weighted by molar-refractivity contribution is 5.45. The fourth-order valence-electron chi connectivity index (χ4n) is 2.52. The van der Waals surface area contributed by atoms with Gasteiger partial charge in [-0.3, -0.25) is 0 Å². The van der Waals surface area contributed by atoms with Crippen LogP contribution < -0.4 is 10.5 Å². The summed E-state index contributed by atoms with van der Waals surface area (Å²) in [6.45, 7) is 7.06. The van der Waals surface area contributed by atoms with Crippen molar-refractivity contribution in [1.29, 1.82) is 0 Å². The lowest BCUT2D eigenvalue weighted by Crippen LogP contribution is -2.15. The minimum absolute atomic E-state index is 0.0839. The van der Waals surface area contributed by atoms with Crippen molar-refractivity contribution in [2.45, 2.75) is 39.0 Å². The van der Waals surface area contributed by atoms with E-state index in [-0.39, 0.29) is 11.2 Å². The van der Waals surface area contributed by atoms with Gasteiger partial charge in [0, 0.05) is 11.0 Å². The fraction of sp³-hybridized carbons (Fsp3) is 0.471. The van der Waals surface area contributed by atoms with Gasteiger partial charge in [-0.05, 0) is 43.7 Å². The van der Waals surface area contributed by atoms with Crippen LogP contribution in [-0.4, -0.2) is 28.5 Å². The molecule has 0 amide bonds. The van der Waals surface area contributed by atoms with E-state index in [1.54, 1.807) is 23.9 Å². The standard InChI is InChI=1S/C17H25N3O2/c1-17(2,3)15-14(6-5-11-18)16(22-4)20(19-15)12-7-9-13(21)10-8-12/h7-10,21H,5-6,11,18H2,1-4H3. The maximum Gasteiger partial charge on any atom is 0.219 e. The van der Waals surface area contributed by atoms with Crippen LogP contribution in [-0.2, 0) is 11.8 Å². The Morgan fingerprint density at radius 3 is 2.36 bits per heavy atom. The third-order valence-electron chi connectivity index (χ3n) is 3.57. The summed E-state index contributed by atoms with van der Waals surface area (Å²) in [6.07, 6.45) is 1.73. The average Bonchev–Trinajstić information content (AvgIpc) is 2.84. The van der Waals surface area contributed by atoms with Crippen LogP contribution in [0, 0.1) is 0 Å². The second-order valence-electron chi connectivity index (χ2n) is 6.41. The van der Waals surface area contributed by atoms with Crippen LogP contribution in [0.15, 0.2) is 24.3 Å². The molecule has 0 bridgehead atoms. The number of nitrogens with two attached hydrogens (primary N) is 1. The molecule has 120 valence electrons. The van der Waals surface area contributed by atoms with Gasteiger partial charge >= 0.3 is 0 Å². The first-order valence-corrected chi connectivity index (χ1v) is 7.54. The molecule has 1 aromatic heterocycles. The molecule has 2 rings (SSSR count). The molecule has 0 unspecified atom stereocenters. The maximum atomic E-state index is 9.46. The van der Waals surface area contributed by atoms with E-state index in [2.05, 4.69) is 20.8 Å². The van der Waals surface area contributed by atoms with Gasteiger partial charge in [0.15, 0.2) is 0 Å². The van der Waals surface area contributed by atoms with E-state index < -0.39 is 0 Å². The molecule has 0 spiro atoms. The molecule has 1 aromatic carbocycles. The van der Waals surface area contributed by atoms with E-state index in [0.29, 0.717) is 6.54 Å². The van der Waals surface area contributed by atoms with Gasteiger partial charge in [0.25, 0.3) is 0 Å². The topological polar surface area (TPSA) is 73.3 Å². The number of hydrogen-bond donors (Lipinski definition) is 2. The van der Waals surface area contributed by atoms with Gasteiger partial charge in [0.2, 0.25) is 5.88 Å². The normalized spacial score (nSPS) is 11.7. The maximum absolute atomic E-state index is 9.46. The molecule has 3 N–H and O–H groups in total. The Labute approximate surface area is 131 Å². The number of methoxy groups -OCH3 is 1. The van der Waals surface area contributed by atoms with Crippen molar-refractivity contribution in [1.82, 2.24) is 9.78 Å². The molecule has 0 aliphatic heterocycles. The van der Waals surface area contributed by atoms with Crippen LogP contribution in [0.5, 0.6) is 11.6 Å².